The minimum absolute atomic E-state index is 0.0295. The number of anilines is 1. The highest BCUT2D eigenvalue weighted by Gasteiger charge is 2.65. The summed E-state index contributed by atoms with van der Waals surface area (Å²) in [5.74, 6) is -0.876. The number of alkyl halides is 3. The highest BCUT2D eigenvalue weighted by atomic mass is 35.5. The van der Waals surface area contributed by atoms with Crippen molar-refractivity contribution in [2.75, 3.05) is 11.4 Å². The second-order valence-corrected chi connectivity index (χ2v) is 9.50. The molecule has 1 heterocycles. The summed E-state index contributed by atoms with van der Waals surface area (Å²) in [5, 5.41) is 13.1. The zero-order chi connectivity index (χ0) is 24.1. The van der Waals surface area contributed by atoms with Gasteiger partial charge in [0.2, 0.25) is 5.91 Å². The van der Waals surface area contributed by atoms with Crippen molar-refractivity contribution in [2.24, 2.45) is 5.92 Å². The average Bonchev–Trinajstić information content (AvgIpc) is 3.52. The van der Waals surface area contributed by atoms with Crippen molar-refractivity contribution in [3.05, 3.63) is 62.3 Å². The second-order valence-electron chi connectivity index (χ2n) is 8.31. The lowest BCUT2D eigenvalue weighted by Crippen LogP contribution is -2.52. The molecule has 2 fully saturated rings. The normalized spacial score (nSPS) is 23.2. The summed E-state index contributed by atoms with van der Waals surface area (Å²) >= 11 is 17.8. The Balaban J connectivity index is 1.63. The molecule has 11 heteroatoms. The minimum atomic E-state index is -4.87. The Hall–Kier alpha value is -1.74. The van der Waals surface area contributed by atoms with Crippen LogP contribution in [0.5, 0.6) is 0 Å². The smallest absolute Gasteiger partial charge is 0.372 e. The Labute approximate surface area is 202 Å². The van der Waals surface area contributed by atoms with Crippen LogP contribution in [0, 0.1) is 11.7 Å². The van der Waals surface area contributed by atoms with Crippen molar-refractivity contribution in [3.63, 3.8) is 0 Å². The topological polar surface area (TPSA) is 52.6 Å². The van der Waals surface area contributed by atoms with Crippen molar-refractivity contribution >= 4 is 46.4 Å². The second kappa shape index (κ2) is 8.80. The summed E-state index contributed by atoms with van der Waals surface area (Å²) in [6, 6.07) is 5.94. The van der Waals surface area contributed by atoms with Crippen LogP contribution in [-0.2, 0) is 16.8 Å². The predicted molar refractivity (Wildman–Crippen MR) is 118 cm³/mol. The van der Waals surface area contributed by atoms with Crippen molar-refractivity contribution in [2.45, 2.75) is 43.6 Å². The van der Waals surface area contributed by atoms with Crippen LogP contribution < -0.4 is 10.2 Å². The third kappa shape index (κ3) is 4.38. The van der Waals surface area contributed by atoms with E-state index in [-0.39, 0.29) is 56.8 Å². The first-order valence-electron chi connectivity index (χ1n) is 10.2. The fourth-order valence-electron chi connectivity index (χ4n) is 4.17. The molecule has 2 aliphatic rings. The predicted octanol–water partition coefficient (Wildman–Crippen LogP) is 5.84. The fraction of sp³-hybridized carbons (Fsp3) is 0.409. The molecule has 0 bridgehead atoms. The van der Waals surface area contributed by atoms with Crippen LogP contribution in [0.25, 0.3) is 0 Å². The summed E-state index contributed by atoms with van der Waals surface area (Å²) in [6.07, 6.45) is -5.82. The Kier molecular flexibility index (Phi) is 6.50. The van der Waals surface area contributed by atoms with E-state index in [2.05, 4.69) is 5.32 Å². The van der Waals surface area contributed by atoms with E-state index in [0.717, 1.165) is 35.9 Å². The number of amides is 1. The maximum Gasteiger partial charge on any atom is 0.402 e. The van der Waals surface area contributed by atoms with Crippen LogP contribution in [0.2, 0.25) is 15.1 Å². The molecule has 1 aliphatic heterocycles. The number of hydrogen-bond donors (Lipinski definition) is 2. The SMILES string of the molecule is O=C(NCc1ccc(N2CCC(c3cc(Cl)c(Cl)c(Cl)c3)(C(F)(F)F)[C@@H]2O)cc1F)C1CC1. The average molecular weight is 526 g/mol. The van der Waals surface area contributed by atoms with Gasteiger partial charge in [0, 0.05) is 30.3 Å². The van der Waals surface area contributed by atoms with Gasteiger partial charge in [-0.2, -0.15) is 13.2 Å². The Morgan fingerprint density at radius 2 is 1.79 bits per heavy atom. The summed E-state index contributed by atoms with van der Waals surface area (Å²) in [6.45, 7) is -0.228. The zero-order valence-electron chi connectivity index (χ0n) is 17.0. The Morgan fingerprint density at radius 1 is 1.15 bits per heavy atom. The molecule has 2 atom stereocenters. The van der Waals surface area contributed by atoms with Gasteiger partial charge in [-0.1, -0.05) is 40.9 Å². The Bertz CT molecular complexity index is 1070. The van der Waals surface area contributed by atoms with Gasteiger partial charge in [0.1, 0.15) is 17.5 Å². The summed E-state index contributed by atoms with van der Waals surface area (Å²) < 4.78 is 57.8. The summed E-state index contributed by atoms with van der Waals surface area (Å²) in [7, 11) is 0. The number of carbonyl (C=O) groups is 1. The van der Waals surface area contributed by atoms with E-state index in [1.807, 2.05) is 0 Å². The van der Waals surface area contributed by atoms with Crippen LogP contribution in [0.1, 0.15) is 30.4 Å². The molecular weight excluding hydrogens is 507 g/mol. The van der Waals surface area contributed by atoms with Gasteiger partial charge in [0.25, 0.3) is 0 Å². The molecule has 0 radical (unpaired) electrons. The zero-order valence-corrected chi connectivity index (χ0v) is 19.3. The molecule has 0 spiro atoms. The summed E-state index contributed by atoms with van der Waals surface area (Å²) in [4.78, 5) is 12.9. The van der Waals surface area contributed by atoms with E-state index in [9.17, 15) is 27.5 Å². The fourth-order valence-corrected chi connectivity index (χ4v) is 4.77. The summed E-state index contributed by atoms with van der Waals surface area (Å²) in [5.41, 5.74) is -2.77. The van der Waals surface area contributed by atoms with Crippen molar-refractivity contribution in [1.29, 1.82) is 0 Å². The maximum absolute atomic E-state index is 14.7. The third-order valence-corrected chi connectivity index (χ3v) is 7.45. The maximum atomic E-state index is 14.7. The molecule has 2 aromatic carbocycles. The number of aliphatic hydroxyl groups excluding tert-OH is 1. The molecular formula is C22H19Cl3F4N2O2. The van der Waals surface area contributed by atoms with E-state index in [1.54, 1.807) is 0 Å². The Morgan fingerprint density at radius 3 is 2.33 bits per heavy atom. The van der Waals surface area contributed by atoms with Gasteiger partial charge >= 0.3 is 6.18 Å². The standard InChI is InChI=1S/C22H19Cl3F4N2O2/c23-15-7-13(8-16(24)18(15)25)21(22(27,28)29)5-6-31(20(21)33)14-4-3-12(17(26)9-14)10-30-19(32)11-1-2-11/h3-4,7-9,11,20,33H,1-2,5-6,10H2,(H,30,32)/t20-,21?/m0/s1. The molecule has 0 aromatic heterocycles. The molecule has 1 saturated carbocycles. The third-order valence-electron chi connectivity index (χ3n) is 6.26. The number of nitrogens with zero attached hydrogens (tertiary/aromatic N) is 1. The number of hydrogen-bond acceptors (Lipinski definition) is 3. The van der Waals surface area contributed by atoms with Gasteiger partial charge < -0.3 is 15.3 Å². The lowest BCUT2D eigenvalue weighted by Gasteiger charge is -2.37. The van der Waals surface area contributed by atoms with Crippen molar-refractivity contribution < 1.29 is 27.5 Å². The van der Waals surface area contributed by atoms with Gasteiger partial charge in [-0.25, -0.2) is 4.39 Å². The minimum Gasteiger partial charge on any atom is -0.372 e. The van der Waals surface area contributed by atoms with E-state index < -0.39 is 30.1 Å². The molecule has 1 amide bonds. The molecule has 178 valence electrons. The van der Waals surface area contributed by atoms with Crippen LogP contribution in [-0.4, -0.2) is 30.0 Å². The molecule has 4 rings (SSSR count). The monoisotopic (exact) mass is 524 g/mol. The van der Waals surface area contributed by atoms with Gasteiger partial charge in [-0.15, -0.1) is 0 Å². The first kappa shape index (κ1) is 24.4. The number of benzene rings is 2. The highest BCUT2D eigenvalue weighted by Crippen LogP contribution is 2.53. The largest absolute Gasteiger partial charge is 0.402 e. The van der Waals surface area contributed by atoms with E-state index in [4.69, 9.17) is 34.8 Å². The van der Waals surface area contributed by atoms with E-state index >= 15 is 0 Å². The highest BCUT2D eigenvalue weighted by molar-refractivity contribution is 6.48. The number of halogens is 7. The van der Waals surface area contributed by atoms with Crippen LogP contribution >= 0.6 is 34.8 Å². The van der Waals surface area contributed by atoms with Crippen LogP contribution in [0.4, 0.5) is 23.2 Å². The number of aliphatic hydroxyl groups is 1. The van der Waals surface area contributed by atoms with E-state index in [1.165, 1.54) is 12.1 Å². The molecule has 33 heavy (non-hydrogen) atoms. The van der Waals surface area contributed by atoms with Gasteiger partial charge in [0.05, 0.1) is 15.1 Å². The molecule has 2 aromatic rings. The van der Waals surface area contributed by atoms with Gasteiger partial charge in [-0.05, 0) is 49.1 Å². The van der Waals surface area contributed by atoms with Crippen molar-refractivity contribution in [3.8, 4) is 0 Å². The number of rotatable bonds is 5. The van der Waals surface area contributed by atoms with Gasteiger partial charge in [-0.3, -0.25) is 4.79 Å². The molecule has 2 N–H and O–H groups in total. The molecule has 1 saturated heterocycles. The molecule has 1 aliphatic carbocycles. The first-order valence-corrected chi connectivity index (χ1v) is 11.3. The molecule has 1 unspecified atom stereocenters. The van der Waals surface area contributed by atoms with Crippen LogP contribution in [0.3, 0.4) is 0 Å². The van der Waals surface area contributed by atoms with Crippen LogP contribution in [0.15, 0.2) is 30.3 Å². The molecule has 4 nitrogen and oxygen atoms in total. The number of nitrogens with one attached hydrogen (secondary N) is 1. The quantitative estimate of drug-likeness (QED) is 0.381. The van der Waals surface area contributed by atoms with Gasteiger partial charge in [0.15, 0.2) is 0 Å². The lowest BCUT2D eigenvalue weighted by atomic mass is 9.77. The number of carbonyl (C=O) groups excluding carboxylic acids is 1. The van der Waals surface area contributed by atoms with E-state index in [0.29, 0.717) is 0 Å². The first-order chi connectivity index (χ1) is 15.5. The van der Waals surface area contributed by atoms with Crippen molar-refractivity contribution in [1.82, 2.24) is 5.32 Å². The lowest BCUT2D eigenvalue weighted by molar-refractivity contribution is -0.210.